The van der Waals surface area contributed by atoms with Gasteiger partial charge < -0.3 is 5.11 Å². The quantitative estimate of drug-likeness (QED) is 0.890. The van der Waals surface area contributed by atoms with E-state index in [0.717, 1.165) is 17.5 Å². The van der Waals surface area contributed by atoms with Gasteiger partial charge in [-0.3, -0.25) is 0 Å². The van der Waals surface area contributed by atoms with Crippen molar-refractivity contribution >= 4 is 0 Å². The smallest absolute Gasteiger partial charge is 0.126 e. The van der Waals surface area contributed by atoms with E-state index in [1.165, 1.54) is 30.0 Å². The van der Waals surface area contributed by atoms with Crippen LogP contribution >= 0.6 is 0 Å². The Morgan fingerprint density at radius 1 is 1.05 bits per heavy atom. The Morgan fingerprint density at radius 2 is 1.90 bits per heavy atom. The summed E-state index contributed by atoms with van der Waals surface area (Å²) in [4.78, 5) is 0. The number of halogens is 1. The molecule has 0 saturated heterocycles. The molecule has 0 aromatic heterocycles. The molecule has 108 valence electrons. The second-order valence-corrected chi connectivity index (χ2v) is 6.43. The highest BCUT2D eigenvalue weighted by molar-refractivity contribution is 5.41. The molecule has 0 aliphatic heterocycles. The van der Waals surface area contributed by atoms with Crippen LogP contribution in [0.25, 0.3) is 0 Å². The van der Waals surface area contributed by atoms with Gasteiger partial charge in [-0.1, -0.05) is 30.3 Å². The minimum atomic E-state index is -0.912. The van der Waals surface area contributed by atoms with E-state index in [1.807, 2.05) is 6.07 Å². The SMILES string of the molecule is OC1(Cc2ccc3c(c2)CCC3)CCc2c(F)cccc21. The van der Waals surface area contributed by atoms with E-state index in [2.05, 4.69) is 18.2 Å². The van der Waals surface area contributed by atoms with Crippen LogP contribution < -0.4 is 0 Å². The zero-order chi connectivity index (χ0) is 14.4. The number of aliphatic hydroxyl groups is 1. The van der Waals surface area contributed by atoms with Gasteiger partial charge in [0.25, 0.3) is 0 Å². The van der Waals surface area contributed by atoms with Gasteiger partial charge in [0, 0.05) is 6.42 Å². The summed E-state index contributed by atoms with van der Waals surface area (Å²) in [5, 5.41) is 11.0. The maximum atomic E-state index is 13.8. The first-order chi connectivity index (χ1) is 10.2. The number of hydrogen-bond acceptors (Lipinski definition) is 1. The third kappa shape index (κ3) is 2.09. The zero-order valence-corrected chi connectivity index (χ0v) is 12.0. The highest BCUT2D eigenvalue weighted by Gasteiger charge is 2.38. The van der Waals surface area contributed by atoms with Crippen LogP contribution in [0.2, 0.25) is 0 Å². The summed E-state index contributed by atoms with van der Waals surface area (Å²) in [6.07, 6.45) is 5.37. The fourth-order valence-corrected chi connectivity index (χ4v) is 3.97. The van der Waals surface area contributed by atoms with Crippen LogP contribution in [0.5, 0.6) is 0 Å². The predicted octanol–water partition coefficient (Wildman–Crippen LogP) is 3.69. The fourth-order valence-electron chi connectivity index (χ4n) is 3.97. The molecule has 1 atom stereocenters. The van der Waals surface area contributed by atoms with Crippen LogP contribution in [-0.4, -0.2) is 5.11 Å². The summed E-state index contributed by atoms with van der Waals surface area (Å²) in [7, 11) is 0. The average molecular weight is 282 g/mol. The van der Waals surface area contributed by atoms with Gasteiger partial charge in [0.1, 0.15) is 5.82 Å². The summed E-state index contributed by atoms with van der Waals surface area (Å²) in [5.41, 5.74) is 4.60. The maximum absolute atomic E-state index is 13.8. The second-order valence-electron chi connectivity index (χ2n) is 6.43. The molecule has 1 unspecified atom stereocenters. The lowest BCUT2D eigenvalue weighted by molar-refractivity contribution is 0.0389. The van der Waals surface area contributed by atoms with Crippen LogP contribution in [0.15, 0.2) is 36.4 Å². The number of rotatable bonds is 2. The third-order valence-electron chi connectivity index (χ3n) is 5.07. The number of hydrogen-bond donors (Lipinski definition) is 1. The molecule has 0 heterocycles. The van der Waals surface area contributed by atoms with Crippen molar-refractivity contribution in [3.05, 3.63) is 70.0 Å². The second kappa shape index (κ2) is 4.67. The Bertz CT molecular complexity index is 707. The van der Waals surface area contributed by atoms with Gasteiger partial charge >= 0.3 is 0 Å². The lowest BCUT2D eigenvalue weighted by Crippen LogP contribution is -2.25. The molecule has 4 rings (SSSR count). The van der Waals surface area contributed by atoms with Crippen molar-refractivity contribution < 1.29 is 9.50 Å². The van der Waals surface area contributed by atoms with Gasteiger partial charge in [0.15, 0.2) is 0 Å². The molecular weight excluding hydrogens is 263 g/mol. The Balaban J connectivity index is 1.68. The van der Waals surface area contributed by atoms with Crippen molar-refractivity contribution in [2.75, 3.05) is 0 Å². The molecule has 2 aromatic carbocycles. The molecule has 0 fully saturated rings. The molecule has 0 bridgehead atoms. The molecule has 21 heavy (non-hydrogen) atoms. The van der Waals surface area contributed by atoms with Crippen LogP contribution in [0, 0.1) is 5.82 Å². The topological polar surface area (TPSA) is 20.2 Å². The first-order valence-electron chi connectivity index (χ1n) is 7.77. The first-order valence-corrected chi connectivity index (χ1v) is 7.77. The highest BCUT2D eigenvalue weighted by atomic mass is 19.1. The van der Waals surface area contributed by atoms with Crippen molar-refractivity contribution in [1.82, 2.24) is 0 Å². The standard InChI is InChI=1S/C19H19FO/c20-18-6-2-5-17-16(18)9-10-19(17,21)12-13-7-8-14-3-1-4-15(14)11-13/h2,5-8,11,21H,1,3-4,9-10,12H2. The molecule has 0 spiro atoms. The van der Waals surface area contributed by atoms with Crippen molar-refractivity contribution in [2.45, 2.75) is 44.1 Å². The molecule has 2 aliphatic rings. The van der Waals surface area contributed by atoms with Crippen molar-refractivity contribution in [3.8, 4) is 0 Å². The lowest BCUT2D eigenvalue weighted by Gasteiger charge is -2.24. The van der Waals surface area contributed by atoms with E-state index in [1.54, 1.807) is 6.07 Å². The average Bonchev–Trinajstić information content (AvgIpc) is 3.05. The zero-order valence-electron chi connectivity index (χ0n) is 12.0. The molecular formula is C19H19FO. The normalized spacial score (nSPS) is 23.1. The lowest BCUT2D eigenvalue weighted by atomic mass is 9.88. The molecule has 0 amide bonds. The minimum absolute atomic E-state index is 0.183. The molecule has 0 radical (unpaired) electrons. The summed E-state index contributed by atoms with van der Waals surface area (Å²) >= 11 is 0. The van der Waals surface area contributed by atoms with E-state index >= 15 is 0 Å². The van der Waals surface area contributed by atoms with Gasteiger partial charge in [0.05, 0.1) is 5.60 Å². The maximum Gasteiger partial charge on any atom is 0.126 e. The van der Waals surface area contributed by atoms with Crippen molar-refractivity contribution in [3.63, 3.8) is 0 Å². The Kier molecular flexibility index (Phi) is 2.90. The van der Waals surface area contributed by atoms with E-state index < -0.39 is 5.60 Å². The van der Waals surface area contributed by atoms with E-state index in [-0.39, 0.29) is 5.82 Å². The number of aryl methyl sites for hydroxylation is 2. The first kappa shape index (κ1) is 13.0. The summed E-state index contributed by atoms with van der Waals surface area (Å²) in [6, 6.07) is 11.6. The minimum Gasteiger partial charge on any atom is -0.385 e. The van der Waals surface area contributed by atoms with Crippen molar-refractivity contribution in [2.24, 2.45) is 0 Å². The summed E-state index contributed by atoms with van der Waals surface area (Å²) in [6.45, 7) is 0. The van der Waals surface area contributed by atoms with E-state index in [0.29, 0.717) is 24.8 Å². The van der Waals surface area contributed by atoms with Crippen LogP contribution in [-0.2, 0) is 31.3 Å². The molecule has 2 aliphatic carbocycles. The van der Waals surface area contributed by atoms with E-state index in [4.69, 9.17) is 0 Å². The Labute approximate surface area is 124 Å². The molecule has 1 nitrogen and oxygen atoms in total. The largest absolute Gasteiger partial charge is 0.385 e. The monoisotopic (exact) mass is 282 g/mol. The van der Waals surface area contributed by atoms with Crippen molar-refractivity contribution in [1.29, 1.82) is 0 Å². The molecule has 0 saturated carbocycles. The van der Waals surface area contributed by atoms with Crippen LogP contribution in [0.3, 0.4) is 0 Å². The van der Waals surface area contributed by atoms with Gasteiger partial charge in [-0.25, -0.2) is 4.39 Å². The van der Waals surface area contributed by atoms with Gasteiger partial charge in [0.2, 0.25) is 0 Å². The van der Waals surface area contributed by atoms with E-state index in [9.17, 15) is 9.50 Å². The third-order valence-corrected chi connectivity index (χ3v) is 5.07. The van der Waals surface area contributed by atoms with Crippen LogP contribution in [0.4, 0.5) is 4.39 Å². The molecule has 2 aromatic rings. The Morgan fingerprint density at radius 3 is 2.81 bits per heavy atom. The molecule has 1 N–H and O–H groups in total. The fraction of sp³-hybridized carbons (Fsp3) is 0.368. The Hall–Kier alpha value is -1.67. The van der Waals surface area contributed by atoms with Gasteiger partial charge in [-0.05, 0) is 66.0 Å². The number of fused-ring (bicyclic) bond motifs is 2. The van der Waals surface area contributed by atoms with Crippen LogP contribution in [0.1, 0.15) is 40.7 Å². The van der Waals surface area contributed by atoms with Gasteiger partial charge in [-0.2, -0.15) is 0 Å². The molecule has 2 heteroatoms. The van der Waals surface area contributed by atoms with Gasteiger partial charge in [-0.15, -0.1) is 0 Å². The summed E-state index contributed by atoms with van der Waals surface area (Å²) in [5.74, 6) is -0.183. The number of benzene rings is 2. The predicted molar refractivity (Wildman–Crippen MR) is 80.8 cm³/mol. The highest BCUT2D eigenvalue weighted by Crippen LogP contribution is 2.40. The summed E-state index contributed by atoms with van der Waals surface area (Å²) < 4.78 is 13.8.